The van der Waals surface area contributed by atoms with Crippen LogP contribution in [0.25, 0.3) is 0 Å². The van der Waals surface area contributed by atoms with Crippen LogP contribution in [0.1, 0.15) is 37.5 Å². The summed E-state index contributed by atoms with van der Waals surface area (Å²) in [6, 6.07) is 12.6. The third-order valence-corrected chi connectivity index (χ3v) is 5.40. The fourth-order valence-electron chi connectivity index (χ4n) is 3.82. The average molecular weight is 380 g/mol. The maximum atomic E-state index is 6.02. The summed E-state index contributed by atoms with van der Waals surface area (Å²) in [5, 5.41) is 0. The first-order valence-corrected chi connectivity index (χ1v) is 10.1. The highest BCUT2D eigenvalue weighted by atomic mass is 16.7. The minimum Gasteiger partial charge on any atom is -0.492 e. The molecule has 2 aromatic carbocycles. The summed E-state index contributed by atoms with van der Waals surface area (Å²) in [4.78, 5) is 7.31. The number of fused-ring (bicyclic) bond motifs is 2. The van der Waals surface area contributed by atoms with E-state index in [9.17, 15) is 0 Å². The van der Waals surface area contributed by atoms with E-state index in [0.717, 1.165) is 60.1 Å². The fraction of sp³-hybridized carbons (Fsp3) is 0.435. The van der Waals surface area contributed by atoms with Crippen LogP contribution in [0, 0.1) is 0 Å². The predicted molar refractivity (Wildman–Crippen MR) is 111 cm³/mol. The van der Waals surface area contributed by atoms with Crippen molar-refractivity contribution in [1.29, 1.82) is 0 Å². The van der Waals surface area contributed by atoms with Crippen LogP contribution in [0.2, 0.25) is 0 Å². The van der Waals surface area contributed by atoms with Crippen molar-refractivity contribution in [3.63, 3.8) is 0 Å². The quantitative estimate of drug-likeness (QED) is 0.730. The molecule has 0 saturated carbocycles. The number of aliphatic imine (C=N–C) groups is 1. The van der Waals surface area contributed by atoms with Crippen LogP contribution in [0.3, 0.4) is 0 Å². The first-order chi connectivity index (χ1) is 13.7. The lowest BCUT2D eigenvalue weighted by molar-refractivity contribution is 0.174. The second-order valence-corrected chi connectivity index (χ2v) is 7.30. The van der Waals surface area contributed by atoms with E-state index in [0.29, 0.717) is 6.61 Å². The Hall–Kier alpha value is -2.53. The SMILES string of the molecule is CCN(CC)CCOc1cccc(C2=NC(C)Cc3cc4c(cc32)OCO4)c1. The summed E-state index contributed by atoms with van der Waals surface area (Å²) in [6.45, 7) is 10.5. The number of hydrogen-bond donors (Lipinski definition) is 0. The Morgan fingerprint density at radius 2 is 1.89 bits per heavy atom. The summed E-state index contributed by atoms with van der Waals surface area (Å²) < 4.78 is 17.2. The normalized spacial score (nSPS) is 17.4. The monoisotopic (exact) mass is 380 g/mol. The number of rotatable bonds is 7. The molecular formula is C23H28N2O3. The standard InChI is InChI=1S/C23H28N2O3/c1-4-25(5-2)9-10-26-19-8-6-7-17(12-19)23-20-14-22-21(27-15-28-22)13-18(20)11-16(3)24-23/h6-8,12-14,16H,4-5,9-11,15H2,1-3H3. The van der Waals surface area contributed by atoms with Crippen molar-refractivity contribution in [2.45, 2.75) is 33.2 Å². The van der Waals surface area contributed by atoms with Crippen molar-refractivity contribution in [1.82, 2.24) is 4.90 Å². The van der Waals surface area contributed by atoms with Crippen molar-refractivity contribution in [3.8, 4) is 17.2 Å². The number of ether oxygens (including phenoxy) is 3. The van der Waals surface area contributed by atoms with Crippen LogP contribution in [0.15, 0.2) is 41.4 Å². The van der Waals surface area contributed by atoms with E-state index in [1.54, 1.807) is 0 Å². The van der Waals surface area contributed by atoms with Crippen LogP contribution in [-0.2, 0) is 6.42 Å². The highest BCUT2D eigenvalue weighted by Crippen LogP contribution is 2.38. The van der Waals surface area contributed by atoms with Gasteiger partial charge in [0, 0.05) is 17.7 Å². The summed E-state index contributed by atoms with van der Waals surface area (Å²) >= 11 is 0. The van der Waals surface area contributed by atoms with E-state index in [1.807, 2.05) is 12.1 Å². The molecule has 0 bridgehead atoms. The molecule has 148 valence electrons. The molecule has 0 saturated heterocycles. The maximum absolute atomic E-state index is 6.02. The molecule has 0 aromatic heterocycles. The number of likely N-dealkylation sites (N-methyl/N-ethyl adjacent to an activating group) is 1. The lowest BCUT2D eigenvalue weighted by atomic mass is 9.90. The zero-order valence-corrected chi connectivity index (χ0v) is 16.9. The van der Waals surface area contributed by atoms with Gasteiger partial charge in [-0.1, -0.05) is 26.0 Å². The largest absolute Gasteiger partial charge is 0.492 e. The Kier molecular flexibility index (Phi) is 5.53. The van der Waals surface area contributed by atoms with Gasteiger partial charge in [-0.2, -0.15) is 0 Å². The van der Waals surface area contributed by atoms with Gasteiger partial charge in [0.05, 0.1) is 11.8 Å². The molecular weight excluding hydrogens is 352 g/mol. The van der Waals surface area contributed by atoms with Crippen molar-refractivity contribution in [3.05, 3.63) is 53.1 Å². The zero-order chi connectivity index (χ0) is 19.5. The summed E-state index contributed by atoms with van der Waals surface area (Å²) in [5.41, 5.74) is 4.46. The summed E-state index contributed by atoms with van der Waals surface area (Å²) in [6.07, 6.45) is 0.912. The second kappa shape index (κ2) is 8.23. The molecule has 0 N–H and O–H groups in total. The molecule has 2 heterocycles. The number of nitrogens with zero attached hydrogens (tertiary/aromatic N) is 2. The Balaban J connectivity index is 1.57. The van der Waals surface area contributed by atoms with Gasteiger partial charge < -0.3 is 19.1 Å². The molecule has 0 fully saturated rings. The van der Waals surface area contributed by atoms with E-state index in [2.05, 4.69) is 49.9 Å². The van der Waals surface area contributed by atoms with E-state index in [1.165, 1.54) is 5.56 Å². The first kappa shape index (κ1) is 18.8. The lowest BCUT2D eigenvalue weighted by Gasteiger charge is -2.22. The molecule has 0 amide bonds. The van der Waals surface area contributed by atoms with Gasteiger partial charge in [-0.25, -0.2) is 0 Å². The van der Waals surface area contributed by atoms with Crippen molar-refractivity contribution < 1.29 is 14.2 Å². The Morgan fingerprint density at radius 1 is 1.11 bits per heavy atom. The van der Waals surface area contributed by atoms with Gasteiger partial charge in [-0.05, 0) is 56.3 Å². The molecule has 2 aromatic rings. The molecule has 28 heavy (non-hydrogen) atoms. The Bertz CT molecular complexity index is 874. The third kappa shape index (κ3) is 3.85. The molecule has 1 atom stereocenters. The fourth-order valence-corrected chi connectivity index (χ4v) is 3.82. The van der Waals surface area contributed by atoms with Crippen LogP contribution < -0.4 is 14.2 Å². The highest BCUT2D eigenvalue weighted by molar-refractivity contribution is 6.15. The molecule has 1 unspecified atom stereocenters. The Labute approximate surface area is 166 Å². The molecule has 5 nitrogen and oxygen atoms in total. The van der Waals surface area contributed by atoms with Crippen LogP contribution >= 0.6 is 0 Å². The lowest BCUT2D eigenvalue weighted by Crippen LogP contribution is -2.27. The van der Waals surface area contributed by atoms with Gasteiger partial charge in [0.25, 0.3) is 0 Å². The first-order valence-electron chi connectivity index (χ1n) is 10.1. The molecule has 0 aliphatic carbocycles. The van der Waals surface area contributed by atoms with Gasteiger partial charge in [0.1, 0.15) is 12.4 Å². The van der Waals surface area contributed by atoms with E-state index in [4.69, 9.17) is 19.2 Å². The molecule has 0 spiro atoms. The van der Waals surface area contributed by atoms with E-state index < -0.39 is 0 Å². The molecule has 4 rings (SSSR count). The maximum Gasteiger partial charge on any atom is 0.231 e. The van der Waals surface area contributed by atoms with Crippen LogP contribution in [0.5, 0.6) is 17.2 Å². The average Bonchev–Trinajstić information content (AvgIpc) is 3.16. The predicted octanol–water partition coefficient (Wildman–Crippen LogP) is 3.92. The molecule has 2 aliphatic rings. The van der Waals surface area contributed by atoms with Gasteiger partial charge in [-0.15, -0.1) is 0 Å². The van der Waals surface area contributed by atoms with Crippen molar-refractivity contribution in [2.24, 2.45) is 4.99 Å². The molecule has 0 radical (unpaired) electrons. The number of hydrogen-bond acceptors (Lipinski definition) is 5. The number of benzene rings is 2. The minimum absolute atomic E-state index is 0.232. The zero-order valence-electron chi connectivity index (χ0n) is 16.9. The van der Waals surface area contributed by atoms with Crippen molar-refractivity contribution in [2.75, 3.05) is 33.0 Å². The summed E-state index contributed by atoms with van der Waals surface area (Å²) in [7, 11) is 0. The van der Waals surface area contributed by atoms with Crippen LogP contribution in [0.4, 0.5) is 0 Å². The second-order valence-electron chi connectivity index (χ2n) is 7.30. The van der Waals surface area contributed by atoms with Crippen molar-refractivity contribution >= 4 is 5.71 Å². The Morgan fingerprint density at radius 3 is 2.68 bits per heavy atom. The topological polar surface area (TPSA) is 43.3 Å². The van der Waals surface area contributed by atoms with Crippen LogP contribution in [-0.4, -0.2) is 49.7 Å². The van der Waals surface area contributed by atoms with E-state index >= 15 is 0 Å². The van der Waals surface area contributed by atoms with Gasteiger partial charge >= 0.3 is 0 Å². The third-order valence-electron chi connectivity index (χ3n) is 5.40. The van der Waals surface area contributed by atoms with E-state index in [-0.39, 0.29) is 12.8 Å². The van der Waals surface area contributed by atoms with Gasteiger partial charge in [0.15, 0.2) is 11.5 Å². The summed E-state index contributed by atoms with van der Waals surface area (Å²) in [5.74, 6) is 2.51. The molecule has 5 heteroatoms. The smallest absolute Gasteiger partial charge is 0.231 e. The minimum atomic E-state index is 0.232. The highest BCUT2D eigenvalue weighted by Gasteiger charge is 2.25. The van der Waals surface area contributed by atoms with Gasteiger partial charge in [-0.3, -0.25) is 4.99 Å². The van der Waals surface area contributed by atoms with Gasteiger partial charge in [0.2, 0.25) is 6.79 Å². The molecule has 2 aliphatic heterocycles.